The minimum atomic E-state index is -0.0974. The first-order valence-corrected chi connectivity index (χ1v) is 10.5. The molecule has 3 aromatic carbocycles. The Morgan fingerprint density at radius 3 is 2.58 bits per heavy atom. The molecule has 1 heterocycles. The zero-order chi connectivity index (χ0) is 21.8. The third-order valence-corrected chi connectivity index (χ3v) is 5.79. The van der Waals surface area contributed by atoms with Crippen LogP contribution >= 0.6 is 11.6 Å². The van der Waals surface area contributed by atoms with E-state index in [1.165, 1.54) is 0 Å². The molecule has 0 unspecified atom stereocenters. The molecular weight excluding hydrogens is 412 g/mol. The van der Waals surface area contributed by atoms with Crippen LogP contribution < -0.4 is 15.0 Å². The summed E-state index contributed by atoms with van der Waals surface area (Å²) in [6, 6.07) is 20.5. The van der Waals surface area contributed by atoms with Gasteiger partial charge in [-0.3, -0.25) is 9.59 Å². The lowest BCUT2D eigenvalue weighted by molar-refractivity contribution is -0.120. The second-order valence-electron chi connectivity index (χ2n) is 7.44. The maximum atomic E-state index is 13.0. The van der Waals surface area contributed by atoms with Crippen molar-refractivity contribution in [3.8, 4) is 5.75 Å². The fourth-order valence-electron chi connectivity index (χ4n) is 3.71. The Kier molecular flexibility index (Phi) is 6.23. The van der Waals surface area contributed by atoms with E-state index in [4.69, 9.17) is 16.3 Å². The smallest absolute Gasteiger partial charge is 0.258 e. The minimum absolute atomic E-state index is 0.0405. The van der Waals surface area contributed by atoms with Gasteiger partial charge >= 0.3 is 0 Å². The lowest BCUT2D eigenvalue weighted by Crippen LogP contribution is -2.29. The lowest BCUT2D eigenvalue weighted by Gasteiger charge is -2.18. The number of amides is 2. The molecule has 2 amide bonds. The van der Waals surface area contributed by atoms with Crippen LogP contribution in [0.15, 0.2) is 66.7 Å². The van der Waals surface area contributed by atoms with Crippen molar-refractivity contribution in [2.24, 2.45) is 0 Å². The number of nitrogens with zero attached hydrogens (tertiary/aromatic N) is 1. The van der Waals surface area contributed by atoms with Gasteiger partial charge in [-0.2, -0.15) is 0 Å². The molecule has 0 radical (unpaired) electrons. The summed E-state index contributed by atoms with van der Waals surface area (Å²) in [5, 5.41) is 3.53. The van der Waals surface area contributed by atoms with Gasteiger partial charge in [0.1, 0.15) is 5.75 Å². The number of halogens is 1. The normalized spacial score (nSPS) is 12.4. The highest BCUT2D eigenvalue weighted by molar-refractivity contribution is 6.31. The van der Waals surface area contributed by atoms with Gasteiger partial charge in [0.2, 0.25) is 5.91 Å². The zero-order valence-electron chi connectivity index (χ0n) is 17.2. The highest BCUT2D eigenvalue weighted by Crippen LogP contribution is 2.30. The van der Waals surface area contributed by atoms with Crippen LogP contribution in [-0.4, -0.2) is 25.5 Å². The van der Waals surface area contributed by atoms with Gasteiger partial charge in [0.15, 0.2) is 0 Å². The molecule has 0 aliphatic carbocycles. The van der Waals surface area contributed by atoms with Crippen LogP contribution in [0.5, 0.6) is 5.75 Å². The molecule has 4 rings (SSSR count). The number of hydrogen-bond donors (Lipinski definition) is 1. The average Bonchev–Trinajstić information content (AvgIpc) is 3.22. The van der Waals surface area contributed by atoms with Crippen LogP contribution in [0, 0.1) is 0 Å². The predicted molar refractivity (Wildman–Crippen MR) is 122 cm³/mol. The summed E-state index contributed by atoms with van der Waals surface area (Å²) < 4.78 is 5.17. The van der Waals surface area contributed by atoms with Gasteiger partial charge in [-0.05, 0) is 59.5 Å². The molecule has 158 valence electrons. The maximum absolute atomic E-state index is 13.0. The first kappa shape index (κ1) is 20.9. The standard InChI is InChI=1S/C25H23ClN2O3/c1-31-21-10-8-19(9-11-21)25(30)28-13-12-18-7-6-17(14-23(18)28)16-27-24(29)15-20-4-2-3-5-22(20)26/h2-11,14H,12-13,15-16H2,1H3,(H,27,29). The summed E-state index contributed by atoms with van der Waals surface area (Å²) in [7, 11) is 1.60. The summed E-state index contributed by atoms with van der Waals surface area (Å²) in [6.07, 6.45) is 1.04. The lowest BCUT2D eigenvalue weighted by atomic mass is 10.1. The summed E-state index contributed by atoms with van der Waals surface area (Å²) in [5.41, 5.74) is 4.39. The van der Waals surface area contributed by atoms with Gasteiger partial charge in [0.25, 0.3) is 5.91 Å². The zero-order valence-corrected chi connectivity index (χ0v) is 18.0. The quantitative estimate of drug-likeness (QED) is 0.625. The van der Waals surface area contributed by atoms with E-state index in [0.29, 0.717) is 29.4 Å². The summed E-state index contributed by atoms with van der Waals surface area (Å²) in [5.74, 6) is 0.578. The van der Waals surface area contributed by atoms with E-state index in [1.54, 1.807) is 42.3 Å². The van der Waals surface area contributed by atoms with Crippen LogP contribution in [0.3, 0.4) is 0 Å². The number of nitrogens with one attached hydrogen (secondary N) is 1. The first-order valence-electron chi connectivity index (χ1n) is 10.1. The molecule has 0 saturated heterocycles. The molecular formula is C25H23ClN2O3. The molecule has 0 spiro atoms. The van der Waals surface area contributed by atoms with Crippen molar-refractivity contribution in [2.75, 3.05) is 18.6 Å². The van der Waals surface area contributed by atoms with E-state index in [1.807, 2.05) is 36.4 Å². The second-order valence-corrected chi connectivity index (χ2v) is 7.85. The third-order valence-electron chi connectivity index (χ3n) is 5.43. The molecule has 1 aliphatic heterocycles. The number of carbonyl (C=O) groups is 2. The van der Waals surface area contributed by atoms with Crippen LogP contribution in [0.25, 0.3) is 0 Å². The van der Waals surface area contributed by atoms with Crippen LogP contribution in [0.1, 0.15) is 27.0 Å². The number of fused-ring (bicyclic) bond motifs is 1. The monoisotopic (exact) mass is 434 g/mol. The summed E-state index contributed by atoms with van der Waals surface area (Å²) in [4.78, 5) is 27.2. The van der Waals surface area contributed by atoms with Crippen molar-refractivity contribution in [3.63, 3.8) is 0 Å². The molecule has 31 heavy (non-hydrogen) atoms. The van der Waals surface area contributed by atoms with Crippen molar-refractivity contribution < 1.29 is 14.3 Å². The summed E-state index contributed by atoms with van der Waals surface area (Å²) >= 11 is 6.14. The molecule has 6 heteroatoms. The number of benzene rings is 3. The Labute approximate surface area is 186 Å². The van der Waals surface area contributed by atoms with Crippen molar-refractivity contribution in [3.05, 3.63) is 94.0 Å². The average molecular weight is 435 g/mol. The van der Waals surface area contributed by atoms with Crippen molar-refractivity contribution >= 4 is 29.1 Å². The largest absolute Gasteiger partial charge is 0.497 e. The fraction of sp³-hybridized carbons (Fsp3) is 0.200. The van der Waals surface area contributed by atoms with E-state index in [-0.39, 0.29) is 18.2 Å². The fourth-order valence-corrected chi connectivity index (χ4v) is 3.92. The number of anilines is 1. The van der Waals surface area contributed by atoms with E-state index in [9.17, 15) is 9.59 Å². The van der Waals surface area contributed by atoms with Gasteiger partial charge in [0, 0.05) is 29.4 Å². The number of rotatable bonds is 6. The second kappa shape index (κ2) is 9.23. The number of methoxy groups -OCH3 is 1. The van der Waals surface area contributed by atoms with Gasteiger partial charge in [-0.15, -0.1) is 0 Å². The molecule has 0 fully saturated rings. The molecule has 0 atom stereocenters. The molecule has 3 aromatic rings. The van der Waals surface area contributed by atoms with Crippen molar-refractivity contribution in [1.29, 1.82) is 0 Å². The Morgan fingerprint density at radius 2 is 1.84 bits per heavy atom. The highest BCUT2D eigenvalue weighted by Gasteiger charge is 2.26. The Balaban J connectivity index is 1.43. The van der Waals surface area contributed by atoms with Gasteiger partial charge in [0.05, 0.1) is 13.5 Å². The van der Waals surface area contributed by atoms with E-state index < -0.39 is 0 Å². The highest BCUT2D eigenvalue weighted by atomic mass is 35.5. The van der Waals surface area contributed by atoms with Gasteiger partial charge in [-0.25, -0.2) is 0 Å². The number of hydrogen-bond acceptors (Lipinski definition) is 3. The maximum Gasteiger partial charge on any atom is 0.258 e. The van der Waals surface area contributed by atoms with Gasteiger partial charge in [-0.1, -0.05) is 41.9 Å². The summed E-state index contributed by atoms with van der Waals surface area (Å²) in [6.45, 7) is 1.03. The third kappa shape index (κ3) is 4.72. The Hall–Kier alpha value is -3.31. The molecule has 0 bridgehead atoms. The van der Waals surface area contributed by atoms with Crippen molar-refractivity contribution in [1.82, 2.24) is 5.32 Å². The predicted octanol–water partition coefficient (Wildman–Crippen LogP) is 4.41. The SMILES string of the molecule is COc1ccc(C(=O)N2CCc3ccc(CNC(=O)Cc4ccccc4Cl)cc32)cc1. The van der Waals surface area contributed by atoms with Gasteiger partial charge < -0.3 is 15.0 Å². The number of carbonyl (C=O) groups excluding carboxylic acids is 2. The minimum Gasteiger partial charge on any atom is -0.497 e. The molecule has 1 aliphatic rings. The van der Waals surface area contributed by atoms with Crippen LogP contribution in [-0.2, 0) is 24.2 Å². The molecule has 0 aromatic heterocycles. The molecule has 0 saturated carbocycles. The van der Waals surface area contributed by atoms with Crippen LogP contribution in [0.4, 0.5) is 5.69 Å². The molecule has 1 N–H and O–H groups in total. The Bertz CT molecular complexity index is 1110. The topological polar surface area (TPSA) is 58.6 Å². The van der Waals surface area contributed by atoms with Crippen molar-refractivity contribution in [2.45, 2.75) is 19.4 Å². The first-order chi connectivity index (χ1) is 15.0. The van der Waals surface area contributed by atoms with E-state index in [0.717, 1.165) is 28.8 Å². The Morgan fingerprint density at radius 1 is 1.06 bits per heavy atom. The van der Waals surface area contributed by atoms with E-state index >= 15 is 0 Å². The van der Waals surface area contributed by atoms with Crippen LogP contribution in [0.2, 0.25) is 5.02 Å². The number of ether oxygens (including phenoxy) is 1. The van der Waals surface area contributed by atoms with E-state index in [2.05, 4.69) is 5.32 Å². The molecule has 5 nitrogen and oxygen atoms in total.